The summed E-state index contributed by atoms with van der Waals surface area (Å²) < 4.78 is 23.4. The number of ether oxygens (including phenoxy) is 4. The molecular formula is C23H30O4. The van der Waals surface area contributed by atoms with Crippen LogP contribution in [-0.4, -0.2) is 33.0 Å². The highest BCUT2D eigenvalue weighted by molar-refractivity contribution is 5.39. The van der Waals surface area contributed by atoms with Crippen molar-refractivity contribution < 1.29 is 18.9 Å². The smallest absolute Gasteiger partial charge is 0.161 e. The quantitative estimate of drug-likeness (QED) is 0.650. The number of para-hydroxylation sites is 3. The Bertz CT molecular complexity index is 613. The summed E-state index contributed by atoms with van der Waals surface area (Å²) in [7, 11) is 0. The zero-order valence-corrected chi connectivity index (χ0v) is 16.0. The van der Waals surface area contributed by atoms with Crippen LogP contribution >= 0.6 is 0 Å². The van der Waals surface area contributed by atoms with Crippen molar-refractivity contribution in [2.24, 2.45) is 0 Å². The molecule has 4 nitrogen and oxygen atoms in total. The Labute approximate surface area is 162 Å². The molecule has 27 heavy (non-hydrogen) atoms. The van der Waals surface area contributed by atoms with Crippen molar-refractivity contribution in [3.63, 3.8) is 0 Å². The summed E-state index contributed by atoms with van der Waals surface area (Å²) in [5.41, 5.74) is 1.30. The van der Waals surface area contributed by atoms with E-state index in [1.54, 1.807) is 0 Å². The summed E-state index contributed by atoms with van der Waals surface area (Å²) in [6.07, 6.45) is 6.51. The van der Waals surface area contributed by atoms with Gasteiger partial charge in [0.15, 0.2) is 11.5 Å². The minimum atomic E-state index is 0.518. The van der Waals surface area contributed by atoms with Crippen molar-refractivity contribution >= 4 is 0 Å². The maximum absolute atomic E-state index is 5.97. The van der Waals surface area contributed by atoms with Crippen LogP contribution in [0, 0.1) is 0 Å². The van der Waals surface area contributed by atoms with Gasteiger partial charge >= 0.3 is 0 Å². The first-order valence-corrected chi connectivity index (χ1v) is 10.1. The molecule has 0 unspecified atom stereocenters. The number of aryl methyl sites for hydroxylation is 1. The maximum Gasteiger partial charge on any atom is 0.161 e. The van der Waals surface area contributed by atoms with Gasteiger partial charge in [-0.2, -0.15) is 0 Å². The highest BCUT2D eigenvalue weighted by Gasteiger charge is 2.06. The summed E-state index contributed by atoms with van der Waals surface area (Å²) >= 11 is 0. The SMILES string of the molecule is c1ccc2c(c1)CCCCCCOc1ccccc1OCCOCCCO2. The minimum Gasteiger partial charge on any atom is -0.493 e. The first-order valence-electron chi connectivity index (χ1n) is 10.1. The number of rotatable bonds is 0. The van der Waals surface area contributed by atoms with Crippen molar-refractivity contribution in [3.05, 3.63) is 54.1 Å². The van der Waals surface area contributed by atoms with Crippen molar-refractivity contribution in [1.82, 2.24) is 0 Å². The Morgan fingerprint density at radius 3 is 1.96 bits per heavy atom. The van der Waals surface area contributed by atoms with Gasteiger partial charge < -0.3 is 18.9 Å². The van der Waals surface area contributed by atoms with Gasteiger partial charge in [0.05, 0.1) is 19.8 Å². The third kappa shape index (κ3) is 6.79. The van der Waals surface area contributed by atoms with Crippen LogP contribution in [0.3, 0.4) is 0 Å². The van der Waals surface area contributed by atoms with E-state index in [0.29, 0.717) is 26.4 Å². The van der Waals surface area contributed by atoms with Crippen molar-refractivity contribution in [2.45, 2.75) is 38.5 Å². The molecule has 0 aromatic heterocycles. The predicted octanol–water partition coefficient (Wildman–Crippen LogP) is 5.05. The van der Waals surface area contributed by atoms with Crippen LogP contribution in [0.15, 0.2) is 48.5 Å². The zero-order valence-electron chi connectivity index (χ0n) is 16.0. The molecule has 2 aromatic carbocycles. The highest BCUT2D eigenvalue weighted by atomic mass is 16.5. The average molecular weight is 370 g/mol. The lowest BCUT2D eigenvalue weighted by Crippen LogP contribution is -2.10. The Morgan fingerprint density at radius 2 is 1.11 bits per heavy atom. The van der Waals surface area contributed by atoms with Crippen LogP contribution in [0.1, 0.15) is 37.7 Å². The first-order chi connectivity index (χ1) is 13.4. The lowest BCUT2D eigenvalue weighted by Gasteiger charge is -2.12. The Hall–Kier alpha value is -2.20. The molecule has 0 bridgehead atoms. The first kappa shape index (κ1) is 19.6. The van der Waals surface area contributed by atoms with E-state index >= 15 is 0 Å². The fraction of sp³-hybridized carbons (Fsp3) is 0.478. The molecule has 0 aliphatic carbocycles. The molecular weight excluding hydrogens is 340 g/mol. The molecule has 0 fully saturated rings. The van der Waals surface area contributed by atoms with E-state index in [2.05, 4.69) is 18.2 Å². The average Bonchev–Trinajstić information content (AvgIpc) is 2.70. The fourth-order valence-electron chi connectivity index (χ4n) is 3.15. The molecule has 0 radical (unpaired) electrons. The van der Waals surface area contributed by atoms with Crippen molar-refractivity contribution in [2.75, 3.05) is 33.0 Å². The summed E-state index contributed by atoms with van der Waals surface area (Å²) in [5.74, 6) is 2.62. The molecule has 4 heteroatoms. The maximum atomic E-state index is 5.97. The second-order valence-electron chi connectivity index (χ2n) is 6.73. The molecule has 1 aliphatic heterocycles. The minimum absolute atomic E-state index is 0.518. The van der Waals surface area contributed by atoms with Gasteiger partial charge in [0, 0.05) is 13.0 Å². The molecule has 3 rings (SSSR count). The summed E-state index contributed by atoms with van der Waals surface area (Å²) in [5, 5.41) is 0. The van der Waals surface area contributed by atoms with Crippen LogP contribution < -0.4 is 14.2 Å². The van der Waals surface area contributed by atoms with Gasteiger partial charge in [-0.25, -0.2) is 0 Å². The fourth-order valence-corrected chi connectivity index (χ4v) is 3.15. The van der Waals surface area contributed by atoms with Gasteiger partial charge in [0.2, 0.25) is 0 Å². The van der Waals surface area contributed by atoms with Gasteiger partial charge in [-0.05, 0) is 43.0 Å². The predicted molar refractivity (Wildman–Crippen MR) is 107 cm³/mol. The lowest BCUT2D eigenvalue weighted by molar-refractivity contribution is 0.0892. The Morgan fingerprint density at radius 1 is 0.481 bits per heavy atom. The molecule has 0 spiro atoms. The highest BCUT2D eigenvalue weighted by Crippen LogP contribution is 2.27. The molecule has 1 heterocycles. The van der Waals surface area contributed by atoms with E-state index in [-0.39, 0.29) is 0 Å². The van der Waals surface area contributed by atoms with E-state index in [9.17, 15) is 0 Å². The van der Waals surface area contributed by atoms with Crippen molar-refractivity contribution in [1.29, 1.82) is 0 Å². The monoisotopic (exact) mass is 370 g/mol. The van der Waals surface area contributed by atoms with Gasteiger partial charge in [0.1, 0.15) is 12.4 Å². The van der Waals surface area contributed by atoms with E-state index in [1.807, 2.05) is 30.3 Å². The van der Waals surface area contributed by atoms with Gasteiger partial charge in [-0.1, -0.05) is 43.2 Å². The molecule has 0 saturated heterocycles. The molecule has 0 amide bonds. The third-order valence-electron chi connectivity index (χ3n) is 4.60. The van der Waals surface area contributed by atoms with Gasteiger partial charge in [-0.15, -0.1) is 0 Å². The standard InChI is InChI=1S/C23H30O4/c1-2-8-16-26-22-13-6-7-14-23(22)27-19-18-24-15-9-17-25-21-12-5-4-11-20(21)10-3-1/h4-7,11-14H,1-3,8-10,15-19H2. The van der Waals surface area contributed by atoms with E-state index < -0.39 is 0 Å². The van der Waals surface area contributed by atoms with Crippen LogP contribution in [0.2, 0.25) is 0 Å². The van der Waals surface area contributed by atoms with E-state index in [4.69, 9.17) is 18.9 Å². The molecule has 0 N–H and O–H groups in total. The van der Waals surface area contributed by atoms with Crippen LogP contribution in [0.25, 0.3) is 0 Å². The van der Waals surface area contributed by atoms with E-state index in [1.165, 1.54) is 24.8 Å². The third-order valence-corrected chi connectivity index (χ3v) is 4.60. The summed E-state index contributed by atoms with van der Waals surface area (Å²) in [6.45, 7) is 3.14. The summed E-state index contributed by atoms with van der Waals surface area (Å²) in [6, 6.07) is 16.2. The van der Waals surface area contributed by atoms with Crippen molar-refractivity contribution in [3.8, 4) is 17.2 Å². The number of fused-ring (bicyclic) bond motifs is 2. The zero-order chi connectivity index (χ0) is 18.6. The molecule has 146 valence electrons. The topological polar surface area (TPSA) is 36.9 Å². The second kappa shape index (κ2) is 11.5. The van der Waals surface area contributed by atoms with Crippen LogP contribution in [0.4, 0.5) is 0 Å². The Kier molecular flexibility index (Phi) is 8.33. The normalized spacial score (nSPS) is 17.5. The Balaban J connectivity index is 1.54. The second-order valence-corrected chi connectivity index (χ2v) is 6.73. The number of hydrogen-bond donors (Lipinski definition) is 0. The van der Waals surface area contributed by atoms with Crippen LogP contribution in [0.5, 0.6) is 17.2 Å². The molecule has 2 aromatic rings. The summed E-state index contributed by atoms with van der Waals surface area (Å²) in [4.78, 5) is 0. The molecule has 1 aliphatic rings. The van der Waals surface area contributed by atoms with E-state index in [0.717, 1.165) is 43.1 Å². The molecule has 0 atom stereocenters. The largest absolute Gasteiger partial charge is 0.493 e. The van der Waals surface area contributed by atoms with Crippen LogP contribution in [-0.2, 0) is 11.2 Å². The number of benzene rings is 2. The molecule has 0 saturated carbocycles. The number of hydrogen-bond acceptors (Lipinski definition) is 4. The van der Waals surface area contributed by atoms with Gasteiger partial charge in [0.25, 0.3) is 0 Å². The lowest BCUT2D eigenvalue weighted by atomic mass is 10.1. The van der Waals surface area contributed by atoms with Gasteiger partial charge in [-0.3, -0.25) is 0 Å².